The van der Waals surface area contributed by atoms with Crippen molar-refractivity contribution in [2.45, 2.75) is 44.1 Å². The van der Waals surface area contributed by atoms with Gasteiger partial charge in [-0.15, -0.1) is 0 Å². The first-order valence-electron chi connectivity index (χ1n) is 4.37. The zero-order chi connectivity index (χ0) is 7.73. The SMILES string of the molecule is O=C1CC2(CCCCC2)NN1. The minimum atomic E-state index is 0.134. The van der Waals surface area contributed by atoms with Crippen molar-refractivity contribution < 1.29 is 4.79 Å². The first-order chi connectivity index (χ1) is 5.31. The van der Waals surface area contributed by atoms with E-state index in [-0.39, 0.29) is 11.4 Å². The predicted octanol–water partition coefficient (Wildman–Crippen LogP) is 0.714. The van der Waals surface area contributed by atoms with E-state index in [1.165, 1.54) is 19.3 Å². The third-order valence-electron chi connectivity index (χ3n) is 2.78. The van der Waals surface area contributed by atoms with Crippen molar-refractivity contribution in [2.24, 2.45) is 0 Å². The zero-order valence-electron chi connectivity index (χ0n) is 6.65. The summed E-state index contributed by atoms with van der Waals surface area (Å²) in [5, 5.41) is 0. The van der Waals surface area contributed by atoms with Gasteiger partial charge >= 0.3 is 0 Å². The molecule has 0 atom stereocenters. The number of rotatable bonds is 0. The van der Waals surface area contributed by atoms with E-state index in [9.17, 15) is 4.79 Å². The van der Waals surface area contributed by atoms with Gasteiger partial charge in [0.2, 0.25) is 5.91 Å². The van der Waals surface area contributed by atoms with Crippen molar-refractivity contribution in [1.29, 1.82) is 0 Å². The number of amides is 1. The van der Waals surface area contributed by atoms with Gasteiger partial charge in [-0.2, -0.15) is 0 Å². The summed E-state index contributed by atoms with van der Waals surface area (Å²) in [5.41, 5.74) is 5.95. The average molecular weight is 154 g/mol. The molecule has 2 N–H and O–H groups in total. The Bertz CT molecular complexity index is 173. The van der Waals surface area contributed by atoms with Crippen LogP contribution in [0.2, 0.25) is 0 Å². The highest BCUT2D eigenvalue weighted by atomic mass is 16.2. The van der Waals surface area contributed by atoms with Crippen LogP contribution in [-0.4, -0.2) is 11.4 Å². The minimum absolute atomic E-state index is 0.134. The molecular formula is C8H14N2O. The molecule has 0 unspecified atom stereocenters. The van der Waals surface area contributed by atoms with Crippen LogP contribution in [-0.2, 0) is 4.79 Å². The van der Waals surface area contributed by atoms with E-state index < -0.39 is 0 Å². The highest BCUT2D eigenvalue weighted by molar-refractivity contribution is 5.79. The minimum Gasteiger partial charge on any atom is -0.291 e. The molecule has 0 radical (unpaired) electrons. The normalized spacial score (nSPS) is 28.9. The lowest BCUT2D eigenvalue weighted by molar-refractivity contribution is -0.119. The number of hydrazine groups is 1. The van der Waals surface area contributed by atoms with Crippen LogP contribution in [0.4, 0.5) is 0 Å². The fourth-order valence-electron chi connectivity index (χ4n) is 2.13. The fourth-order valence-corrected chi connectivity index (χ4v) is 2.13. The molecule has 0 aromatic heterocycles. The number of hydrogen-bond donors (Lipinski definition) is 2. The molecule has 1 saturated heterocycles. The predicted molar refractivity (Wildman–Crippen MR) is 41.7 cm³/mol. The Balaban J connectivity index is 2.03. The number of nitrogens with one attached hydrogen (secondary N) is 2. The molecule has 2 aliphatic rings. The van der Waals surface area contributed by atoms with Gasteiger partial charge in [-0.25, -0.2) is 5.43 Å². The quantitative estimate of drug-likeness (QED) is 0.539. The van der Waals surface area contributed by atoms with Gasteiger partial charge in [0.1, 0.15) is 0 Å². The molecule has 1 aliphatic heterocycles. The standard InChI is InChI=1S/C8H14N2O/c11-7-6-8(10-9-7)4-2-1-3-5-8/h10H,1-6H2,(H,9,11). The summed E-state index contributed by atoms with van der Waals surface area (Å²) in [4.78, 5) is 10.9. The Morgan fingerprint density at radius 1 is 1.18 bits per heavy atom. The molecular weight excluding hydrogens is 140 g/mol. The molecule has 1 spiro atoms. The molecule has 1 saturated carbocycles. The van der Waals surface area contributed by atoms with Crippen molar-refractivity contribution in [1.82, 2.24) is 10.9 Å². The summed E-state index contributed by atoms with van der Waals surface area (Å²) in [5.74, 6) is 0.159. The first kappa shape index (κ1) is 7.10. The molecule has 1 heterocycles. The van der Waals surface area contributed by atoms with Crippen LogP contribution >= 0.6 is 0 Å². The molecule has 3 nitrogen and oxygen atoms in total. The van der Waals surface area contributed by atoms with Crippen molar-refractivity contribution in [2.75, 3.05) is 0 Å². The maximum absolute atomic E-state index is 10.9. The zero-order valence-corrected chi connectivity index (χ0v) is 6.65. The van der Waals surface area contributed by atoms with Crippen LogP contribution in [0.3, 0.4) is 0 Å². The molecule has 0 aromatic rings. The fraction of sp³-hybridized carbons (Fsp3) is 0.875. The summed E-state index contributed by atoms with van der Waals surface area (Å²) >= 11 is 0. The maximum atomic E-state index is 10.9. The van der Waals surface area contributed by atoms with Crippen LogP contribution in [0, 0.1) is 0 Å². The largest absolute Gasteiger partial charge is 0.291 e. The molecule has 62 valence electrons. The Morgan fingerprint density at radius 3 is 2.45 bits per heavy atom. The van der Waals surface area contributed by atoms with E-state index in [0.717, 1.165) is 12.8 Å². The summed E-state index contributed by atoms with van der Waals surface area (Å²) in [6.07, 6.45) is 6.87. The lowest BCUT2D eigenvalue weighted by Gasteiger charge is -2.31. The van der Waals surface area contributed by atoms with E-state index in [4.69, 9.17) is 0 Å². The summed E-state index contributed by atoms with van der Waals surface area (Å²) < 4.78 is 0. The molecule has 11 heavy (non-hydrogen) atoms. The summed E-state index contributed by atoms with van der Waals surface area (Å²) in [7, 11) is 0. The van der Waals surface area contributed by atoms with Crippen molar-refractivity contribution in [3.63, 3.8) is 0 Å². The van der Waals surface area contributed by atoms with Crippen LogP contribution in [0.25, 0.3) is 0 Å². The smallest absolute Gasteiger partial charge is 0.236 e. The van der Waals surface area contributed by atoms with E-state index in [1.54, 1.807) is 0 Å². The number of carbonyl (C=O) groups is 1. The molecule has 2 fully saturated rings. The third-order valence-corrected chi connectivity index (χ3v) is 2.78. The van der Waals surface area contributed by atoms with Crippen molar-refractivity contribution >= 4 is 5.91 Å². The highest BCUT2D eigenvalue weighted by Gasteiger charge is 2.38. The van der Waals surface area contributed by atoms with E-state index in [0.29, 0.717) is 6.42 Å². The topological polar surface area (TPSA) is 41.1 Å². The second kappa shape index (κ2) is 2.48. The highest BCUT2D eigenvalue weighted by Crippen LogP contribution is 2.32. The summed E-state index contributed by atoms with van der Waals surface area (Å²) in [6.45, 7) is 0. The second-order valence-corrected chi connectivity index (χ2v) is 3.69. The lowest BCUT2D eigenvalue weighted by atomic mass is 9.81. The van der Waals surface area contributed by atoms with Gasteiger partial charge in [0.25, 0.3) is 0 Å². The van der Waals surface area contributed by atoms with Gasteiger partial charge in [-0.05, 0) is 12.8 Å². The van der Waals surface area contributed by atoms with Gasteiger partial charge in [-0.1, -0.05) is 19.3 Å². The molecule has 1 amide bonds. The monoisotopic (exact) mass is 154 g/mol. The summed E-state index contributed by atoms with van der Waals surface area (Å²) in [6, 6.07) is 0. The Kier molecular flexibility index (Phi) is 1.60. The Hall–Kier alpha value is -0.570. The van der Waals surface area contributed by atoms with Crippen LogP contribution in [0.5, 0.6) is 0 Å². The Morgan fingerprint density at radius 2 is 1.91 bits per heavy atom. The first-order valence-corrected chi connectivity index (χ1v) is 4.37. The van der Waals surface area contributed by atoms with Crippen LogP contribution in [0.1, 0.15) is 38.5 Å². The van der Waals surface area contributed by atoms with Crippen LogP contribution in [0.15, 0.2) is 0 Å². The molecule has 0 bridgehead atoms. The van der Waals surface area contributed by atoms with Gasteiger partial charge < -0.3 is 0 Å². The number of carbonyl (C=O) groups excluding carboxylic acids is 1. The number of hydrogen-bond acceptors (Lipinski definition) is 2. The maximum Gasteiger partial charge on any atom is 0.236 e. The van der Waals surface area contributed by atoms with E-state index in [1.807, 2.05) is 0 Å². The van der Waals surface area contributed by atoms with E-state index >= 15 is 0 Å². The molecule has 0 aromatic carbocycles. The third kappa shape index (κ3) is 1.25. The average Bonchev–Trinajstić information content (AvgIpc) is 2.34. The molecule has 3 heteroatoms. The van der Waals surface area contributed by atoms with Gasteiger partial charge in [0.15, 0.2) is 0 Å². The second-order valence-electron chi connectivity index (χ2n) is 3.69. The Labute approximate surface area is 66.5 Å². The lowest BCUT2D eigenvalue weighted by Crippen LogP contribution is -2.45. The van der Waals surface area contributed by atoms with E-state index in [2.05, 4.69) is 10.9 Å². The van der Waals surface area contributed by atoms with Gasteiger partial charge in [0, 0.05) is 12.0 Å². The van der Waals surface area contributed by atoms with Crippen molar-refractivity contribution in [3.8, 4) is 0 Å². The van der Waals surface area contributed by atoms with Gasteiger partial charge in [0.05, 0.1) is 0 Å². The van der Waals surface area contributed by atoms with Crippen molar-refractivity contribution in [3.05, 3.63) is 0 Å². The van der Waals surface area contributed by atoms with Crippen LogP contribution < -0.4 is 10.9 Å². The molecule has 2 rings (SSSR count). The van der Waals surface area contributed by atoms with Gasteiger partial charge in [-0.3, -0.25) is 10.2 Å². The molecule has 1 aliphatic carbocycles.